The minimum atomic E-state index is 0.173. The van der Waals surface area contributed by atoms with Gasteiger partial charge in [-0.1, -0.05) is 11.8 Å². The van der Waals surface area contributed by atoms with Crippen LogP contribution in [0.1, 0.15) is 6.92 Å². The molecule has 2 nitrogen and oxygen atoms in total. The van der Waals surface area contributed by atoms with Gasteiger partial charge in [0, 0.05) is 0 Å². The lowest BCUT2D eigenvalue weighted by molar-refractivity contribution is 0.314. The van der Waals surface area contributed by atoms with E-state index in [2.05, 4.69) is 0 Å². The van der Waals surface area contributed by atoms with Gasteiger partial charge >= 0.3 is 0 Å². The van der Waals surface area contributed by atoms with Gasteiger partial charge in [0.25, 0.3) is 0 Å². The van der Waals surface area contributed by atoms with Crippen LogP contribution in [0.4, 0.5) is 0 Å². The summed E-state index contributed by atoms with van der Waals surface area (Å²) < 4.78 is 5.41. The van der Waals surface area contributed by atoms with Crippen molar-refractivity contribution in [1.82, 2.24) is 0 Å². The van der Waals surface area contributed by atoms with Crippen LogP contribution in [0.15, 0.2) is 23.1 Å². The first kappa shape index (κ1) is 6.85. The van der Waals surface area contributed by atoms with Gasteiger partial charge < -0.3 is 9.84 Å². The maximum absolute atomic E-state index is 9.11. The van der Waals surface area contributed by atoms with Crippen LogP contribution in [0.25, 0.3) is 0 Å². The Kier molecular flexibility index (Phi) is 1.46. The van der Waals surface area contributed by atoms with Gasteiger partial charge in [-0.25, -0.2) is 0 Å². The Morgan fingerprint density at radius 1 is 1.55 bits per heavy atom. The maximum Gasteiger partial charge on any atom is 0.146 e. The van der Waals surface area contributed by atoms with Gasteiger partial charge in [-0.3, -0.25) is 0 Å². The molecule has 0 saturated heterocycles. The van der Waals surface area contributed by atoms with Crippen molar-refractivity contribution in [3.63, 3.8) is 0 Å². The van der Waals surface area contributed by atoms with Crippen LogP contribution in [0.3, 0.4) is 0 Å². The fraction of sp³-hybridized carbons (Fsp3) is 0.250. The lowest BCUT2D eigenvalue weighted by Gasteiger charge is -1.99. The molecule has 1 N–H and O–H groups in total. The van der Waals surface area contributed by atoms with Crippen LogP contribution in [-0.4, -0.2) is 10.5 Å². The summed E-state index contributed by atoms with van der Waals surface area (Å²) in [5.74, 6) is 1.18. The van der Waals surface area contributed by atoms with E-state index in [1.165, 1.54) is 0 Å². The molecule has 0 radical (unpaired) electrons. The summed E-state index contributed by atoms with van der Waals surface area (Å²) >= 11 is 1.62. The number of fused-ring (bicyclic) bond motifs is 1. The Hall–Kier alpha value is -0.830. The Labute approximate surface area is 69.2 Å². The first-order valence-corrected chi connectivity index (χ1v) is 4.30. The molecule has 58 valence electrons. The van der Waals surface area contributed by atoms with Crippen LogP contribution in [-0.2, 0) is 0 Å². The van der Waals surface area contributed by atoms with Crippen molar-refractivity contribution in [1.29, 1.82) is 0 Å². The highest BCUT2D eigenvalue weighted by molar-refractivity contribution is 8.00. The Bertz CT molecular complexity index is 285. The normalized spacial score (nSPS) is 21.0. The number of benzene rings is 1. The summed E-state index contributed by atoms with van der Waals surface area (Å²) in [6.07, 6.45) is 0. The molecule has 11 heavy (non-hydrogen) atoms. The number of thioether (sulfide) groups is 1. The third kappa shape index (κ3) is 1.16. The summed E-state index contributed by atoms with van der Waals surface area (Å²) in [5, 5.41) is 9.11. The number of phenolic OH excluding ortho intramolecular Hbond substituents is 1. The lowest BCUT2D eigenvalue weighted by Crippen LogP contribution is -1.98. The average Bonchev–Trinajstić information content (AvgIpc) is 2.27. The number of hydrogen-bond donors (Lipinski definition) is 1. The number of rotatable bonds is 0. The van der Waals surface area contributed by atoms with Crippen LogP contribution >= 0.6 is 11.8 Å². The van der Waals surface area contributed by atoms with E-state index >= 15 is 0 Å². The molecule has 1 aliphatic rings. The Morgan fingerprint density at radius 3 is 3.18 bits per heavy atom. The molecule has 1 aliphatic heterocycles. The molecular formula is C8H8O2S. The molecule has 0 spiro atoms. The van der Waals surface area contributed by atoms with Gasteiger partial charge in [0.2, 0.25) is 0 Å². The molecule has 0 amide bonds. The molecule has 0 aliphatic carbocycles. The first-order valence-electron chi connectivity index (χ1n) is 3.42. The van der Waals surface area contributed by atoms with E-state index in [9.17, 15) is 0 Å². The van der Waals surface area contributed by atoms with Crippen molar-refractivity contribution in [2.45, 2.75) is 17.3 Å². The molecule has 1 atom stereocenters. The molecule has 1 heterocycles. The van der Waals surface area contributed by atoms with Gasteiger partial charge in [-0.2, -0.15) is 0 Å². The molecule has 0 fully saturated rings. The maximum atomic E-state index is 9.11. The third-order valence-corrected chi connectivity index (χ3v) is 2.51. The van der Waals surface area contributed by atoms with E-state index in [4.69, 9.17) is 9.84 Å². The number of ether oxygens (including phenoxy) is 1. The van der Waals surface area contributed by atoms with Gasteiger partial charge in [-0.15, -0.1) is 0 Å². The highest BCUT2D eigenvalue weighted by atomic mass is 32.2. The Balaban J connectivity index is 2.43. The average molecular weight is 168 g/mol. The molecular weight excluding hydrogens is 160 g/mol. The second-order valence-electron chi connectivity index (χ2n) is 2.43. The summed E-state index contributed by atoms with van der Waals surface area (Å²) in [6.45, 7) is 1.99. The second kappa shape index (κ2) is 2.34. The van der Waals surface area contributed by atoms with E-state index in [1.54, 1.807) is 30.0 Å². The molecule has 0 bridgehead atoms. The minimum Gasteiger partial charge on any atom is -0.508 e. The summed E-state index contributed by atoms with van der Waals surface area (Å²) in [5.41, 5.74) is 0.173. The summed E-state index contributed by atoms with van der Waals surface area (Å²) in [6, 6.07) is 5.15. The van der Waals surface area contributed by atoms with Crippen LogP contribution in [0.2, 0.25) is 0 Å². The van der Waals surface area contributed by atoms with E-state index < -0.39 is 0 Å². The van der Waals surface area contributed by atoms with E-state index in [0.29, 0.717) is 5.75 Å². The molecule has 1 aromatic rings. The van der Waals surface area contributed by atoms with Crippen molar-refractivity contribution in [3.05, 3.63) is 18.2 Å². The fourth-order valence-corrected chi connectivity index (χ4v) is 2.00. The van der Waals surface area contributed by atoms with Gasteiger partial charge in [0.1, 0.15) is 16.9 Å². The van der Waals surface area contributed by atoms with Crippen molar-refractivity contribution in [3.8, 4) is 11.5 Å². The van der Waals surface area contributed by atoms with Crippen LogP contribution < -0.4 is 4.74 Å². The molecule has 1 aromatic carbocycles. The zero-order valence-electron chi connectivity index (χ0n) is 6.07. The number of aromatic hydroxyl groups is 1. The largest absolute Gasteiger partial charge is 0.508 e. The quantitative estimate of drug-likeness (QED) is 0.644. The highest BCUT2D eigenvalue weighted by Crippen LogP contribution is 2.41. The standard InChI is InChI=1S/C8H8O2S/c1-5-10-7-3-2-6(9)4-8(7)11-5/h2-5,9H,1H3. The zero-order valence-corrected chi connectivity index (χ0v) is 6.89. The SMILES string of the molecule is CC1Oc2ccc(O)cc2S1. The fourth-order valence-electron chi connectivity index (χ4n) is 1.07. The third-order valence-electron chi connectivity index (χ3n) is 1.51. The van der Waals surface area contributed by atoms with Crippen molar-refractivity contribution < 1.29 is 9.84 Å². The Morgan fingerprint density at radius 2 is 2.36 bits per heavy atom. The lowest BCUT2D eigenvalue weighted by atomic mass is 10.3. The highest BCUT2D eigenvalue weighted by Gasteiger charge is 2.19. The monoisotopic (exact) mass is 168 g/mol. The van der Waals surface area contributed by atoms with E-state index in [0.717, 1.165) is 10.6 Å². The predicted molar refractivity (Wildman–Crippen MR) is 44.1 cm³/mol. The second-order valence-corrected chi connectivity index (χ2v) is 3.77. The molecule has 0 saturated carbocycles. The molecule has 1 unspecified atom stereocenters. The molecule has 0 aromatic heterocycles. The minimum absolute atomic E-state index is 0.173. The van der Waals surface area contributed by atoms with Crippen LogP contribution in [0, 0.1) is 0 Å². The van der Waals surface area contributed by atoms with Crippen molar-refractivity contribution >= 4 is 11.8 Å². The number of hydrogen-bond acceptors (Lipinski definition) is 3. The van der Waals surface area contributed by atoms with Gasteiger partial charge in [-0.05, 0) is 25.1 Å². The topological polar surface area (TPSA) is 29.5 Å². The predicted octanol–water partition coefficient (Wildman–Crippen LogP) is 2.22. The van der Waals surface area contributed by atoms with E-state index in [1.807, 2.05) is 6.92 Å². The smallest absolute Gasteiger partial charge is 0.146 e. The van der Waals surface area contributed by atoms with E-state index in [-0.39, 0.29) is 5.44 Å². The summed E-state index contributed by atoms with van der Waals surface area (Å²) in [7, 11) is 0. The van der Waals surface area contributed by atoms with Gasteiger partial charge in [0.05, 0.1) is 4.90 Å². The zero-order chi connectivity index (χ0) is 7.84. The van der Waals surface area contributed by atoms with Gasteiger partial charge in [0.15, 0.2) is 0 Å². The van der Waals surface area contributed by atoms with Crippen LogP contribution in [0.5, 0.6) is 11.5 Å². The summed E-state index contributed by atoms with van der Waals surface area (Å²) in [4.78, 5) is 1.03. The number of phenols is 1. The van der Waals surface area contributed by atoms with Crippen molar-refractivity contribution in [2.75, 3.05) is 0 Å². The first-order chi connectivity index (χ1) is 5.25. The molecule has 2 rings (SSSR count). The van der Waals surface area contributed by atoms with Crippen molar-refractivity contribution in [2.24, 2.45) is 0 Å². The molecule has 3 heteroatoms.